The Morgan fingerprint density at radius 2 is 2.00 bits per heavy atom. The molecule has 25 heavy (non-hydrogen) atoms. The Hall–Kier alpha value is -2.11. The van der Waals surface area contributed by atoms with Crippen molar-refractivity contribution in [3.63, 3.8) is 0 Å². The van der Waals surface area contributed by atoms with Crippen molar-refractivity contribution < 1.29 is 9.18 Å². The van der Waals surface area contributed by atoms with Crippen molar-refractivity contribution in [2.75, 3.05) is 32.7 Å². The highest BCUT2D eigenvalue weighted by Crippen LogP contribution is 2.22. The molecule has 2 N–H and O–H groups in total. The van der Waals surface area contributed by atoms with Gasteiger partial charge in [-0.1, -0.05) is 26.0 Å². The standard InChI is InChI=1S/C19H29FN4O/c1-4-21-18(22-13-17(25)24-10-5-6-11-24)23-14-19(2,3)15-8-7-9-16(20)12-15/h7-9,12H,4-6,10-11,13-14H2,1-3H3,(H2,21,22,23). The van der Waals surface area contributed by atoms with Crippen molar-refractivity contribution >= 4 is 11.9 Å². The third-order valence-corrected chi connectivity index (χ3v) is 4.48. The van der Waals surface area contributed by atoms with Crippen molar-refractivity contribution in [3.8, 4) is 0 Å². The molecule has 6 heteroatoms. The molecule has 0 atom stereocenters. The maximum absolute atomic E-state index is 13.5. The van der Waals surface area contributed by atoms with E-state index in [2.05, 4.69) is 15.6 Å². The molecule has 0 radical (unpaired) electrons. The lowest BCUT2D eigenvalue weighted by Crippen LogP contribution is -2.44. The average Bonchev–Trinajstić information content (AvgIpc) is 3.12. The molecule has 1 aliphatic rings. The molecule has 1 fully saturated rings. The Labute approximate surface area is 149 Å². The molecule has 1 saturated heterocycles. The summed E-state index contributed by atoms with van der Waals surface area (Å²) in [5.41, 5.74) is 0.654. The fourth-order valence-electron chi connectivity index (χ4n) is 2.87. The van der Waals surface area contributed by atoms with Crippen molar-refractivity contribution in [3.05, 3.63) is 35.6 Å². The van der Waals surface area contributed by atoms with Crippen LogP contribution >= 0.6 is 0 Å². The first-order chi connectivity index (χ1) is 11.9. The van der Waals surface area contributed by atoms with Gasteiger partial charge in [-0.3, -0.25) is 4.79 Å². The van der Waals surface area contributed by atoms with Gasteiger partial charge in [0.1, 0.15) is 12.4 Å². The third kappa shape index (κ3) is 5.73. The summed E-state index contributed by atoms with van der Waals surface area (Å²) in [6.45, 7) is 9.20. The fourth-order valence-corrected chi connectivity index (χ4v) is 2.87. The Bertz CT molecular complexity index is 609. The van der Waals surface area contributed by atoms with E-state index in [-0.39, 0.29) is 23.7 Å². The average molecular weight is 348 g/mol. The molecule has 0 unspecified atom stereocenters. The number of hydrogen-bond donors (Lipinski definition) is 2. The van der Waals surface area contributed by atoms with Crippen molar-refractivity contribution in [2.45, 2.75) is 39.0 Å². The van der Waals surface area contributed by atoms with Crippen LogP contribution in [0.5, 0.6) is 0 Å². The van der Waals surface area contributed by atoms with Crippen LogP contribution in [0.4, 0.5) is 4.39 Å². The number of hydrogen-bond acceptors (Lipinski definition) is 2. The number of guanidine groups is 1. The molecule has 1 heterocycles. The van der Waals surface area contributed by atoms with Gasteiger partial charge in [0.15, 0.2) is 5.96 Å². The van der Waals surface area contributed by atoms with Crippen LogP contribution in [0.15, 0.2) is 29.3 Å². The minimum Gasteiger partial charge on any atom is -0.357 e. The fraction of sp³-hybridized carbons (Fsp3) is 0.579. The number of halogens is 1. The highest BCUT2D eigenvalue weighted by Gasteiger charge is 2.22. The Balaban J connectivity index is 1.95. The van der Waals surface area contributed by atoms with E-state index in [1.807, 2.05) is 31.7 Å². The summed E-state index contributed by atoms with van der Waals surface area (Å²) < 4.78 is 13.5. The lowest BCUT2D eigenvalue weighted by molar-refractivity contribution is -0.128. The summed E-state index contributed by atoms with van der Waals surface area (Å²) in [6, 6.07) is 6.65. The molecule has 0 spiro atoms. The lowest BCUT2D eigenvalue weighted by Gasteiger charge is -2.27. The summed E-state index contributed by atoms with van der Waals surface area (Å²) in [6.07, 6.45) is 2.16. The molecular weight excluding hydrogens is 319 g/mol. The summed E-state index contributed by atoms with van der Waals surface area (Å²) in [7, 11) is 0. The normalized spacial score (nSPS) is 15.4. The summed E-state index contributed by atoms with van der Waals surface area (Å²) in [5.74, 6) is 0.445. The maximum Gasteiger partial charge on any atom is 0.244 e. The van der Waals surface area contributed by atoms with Gasteiger partial charge in [-0.25, -0.2) is 9.38 Å². The third-order valence-electron chi connectivity index (χ3n) is 4.48. The Kier molecular flexibility index (Phi) is 6.79. The van der Waals surface area contributed by atoms with E-state index in [4.69, 9.17) is 0 Å². The van der Waals surface area contributed by atoms with Crippen molar-refractivity contribution in [2.24, 2.45) is 4.99 Å². The number of amides is 1. The van der Waals surface area contributed by atoms with Crippen LogP contribution in [0, 0.1) is 5.82 Å². The first-order valence-corrected chi connectivity index (χ1v) is 8.98. The monoisotopic (exact) mass is 348 g/mol. The van der Waals surface area contributed by atoms with E-state index >= 15 is 0 Å². The van der Waals surface area contributed by atoms with E-state index in [1.54, 1.807) is 12.1 Å². The molecule has 1 aromatic carbocycles. The largest absolute Gasteiger partial charge is 0.357 e. The SMILES string of the molecule is CCNC(=NCC(=O)N1CCCC1)NCC(C)(C)c1cccc(F)c1. The molecule has 1 amide bonds. The van der Waals surface area contributed by atoms with Crippen molar-refractivity contribution in [1.82, 2.24) is 15.5 Å². The van der Waals surface area contributed by atoms with Crippen LogP contribution < -0.4 is 10.6 Å². The molecule has 138 valence electrons. The number of likely N-dealkylation sites (tertiary alicyclic amines) is 1. The summed E-state index contributed by atoms with van der Waals surface area (Å²) >= 11 is 0. The predicted molar refractivity (Wildman–Crippen MR) is 99.2 cm³/mol. The lowest BCUT2D eigenvalue weighted by atomic mass is 9.84. The molecule has 1 aliphatic heterocycles. The minimum atomic E-state index is -0.267. The van der Waals surface area contributed by atoms with Gasteiger partial charge in [0.05, 0.1) is 0 Å². The quantitative estimate of drug-likeness (QED) is 0.613. The number of benzene rings is 1. The van der Waals surface area contributed by atoms with Gasteiger partial charge in [0, 0.05) is 31.6 Å². The number of carbonyl (C=O) groups is 1. The van der Waals surface area contributed by atoms with Gasteiger partial charge in [0.2, 0.25) is 5.91 Å². The number of nitrogens with zero attached hydrogens (tertiary/aromatic N) is 2. The Morgan fingerprint density at radius 1 is 1.28 bits per heavy atom. The van der Waals surface area contributed by atoms with Gasteiger partial charge in [-0.2, -0.15) is 0 Å². The molecule has 5 nitrogen and oxygen atoms in total. The van der Waals surface area contributed by atoms with Gasteiger partial charge in [-0.05, 0) is 37.5 Å². The molecule has 0 bridgehead atoms. The first-order valence-electron chi connectivity index (χ1n) is 8.98. The van der Waals surface area contributed by atoms with E-state index in [1.165, 1.54) is 6.07 Å². The zero-order chi connectivity index (χ0) is 18.3. The molecule has 2 rings (SSSR count). The molecule has 1 aromatic rings. The van der Waals surface area contributed by atoms with E-state index < -0.39 is 0 Å². The number of carbonyl (C=O) groups excluding carboxylic acids is 1. The molecule has 0 saturated carbocycles. The molecule has 0 aromatic heterocycles. The van der Waals surface area contributed by atoms with Gasteiger partial charge >= 0.3 is 0 Å². The predicted octanol–water partition coefficient (Wildman–Crippen LogP) is 2.28. The smallest absolute Gasteiger partial charge is 0.244 e. The second kappa shape index (κ2) is 8.83. The zero-order valence-electron chi connectivity index (χ0n) is 15.4. The number of aliphatic imine (C=N–C) groups is 1. The minimum absolute atomic E-state index is 0.0686. The van der Waals surface area contributed by atoms with Crippen LogP contribution in [0.3, 0.4) is 0 Å². The van der Waals surface area contributed by atoms with Crippen LogP contribution in [0.1, 0.15) is 39.2 Å². The molecular formula is C19H29FN4O. The van der Waals surface area contributed by atoms with E-state index in [0.717, 1.165) is 31.5 Å². The number of nitrogens with one attached hydrogen (secondary N) is 2. The van der Waals surface area contributed by atoms with E-state index in [0.29, 0.717) is 19.0 Å². The summed E-state index contributed by atoms with van der Waals surface area (Å²) in [4.78, 5) is 18.4. The highest BCUT2D eigenvalue weighted by molar-refractivity contribution is 5.85. The molecule has 0 aliphatic carbocycles. The van der Waals surface area contributed by atoms with Gasteiger partial charge < -0.3 is 15.5 Å². The first kappa shape index (κ1) is 19.2. The zero-order valence-corrected chi connectivity index (χ0v) is 15.4. The van der Waals surface area contributed by atoms with Gasteiger partial charge in [0.25, 0.3) is 0 Å². The summed E-state index contributed by atoms with van der Waals surface area (Å²) in [5, 5.41) is 6.43. The Morgan fingerprint density at radius 3 is 2.64 bits per heavy atom. The van der Waals surface area contributed by atoms with Crippen LogP contribution in [0.2, 0.25) is 0 Å². The van der Waals surface area contributed by atoms with Gasteiger partial charge in [-0.15, -0.1) is 0 Å². The number of rotatable bonds is 6. The van der Waals surface area contributed by atoms with E-state index in [9.17, 15) is 9.18 Å². The van der Waals surface area contributed by atoms with Crippen LogP contribution in [-0.2, 0) is 10.2 Å². The second-order valence-electron chi connectivity index (χ2n) is 7.03. The van der Waals surface area contributed by atoms with Crippen molar-refractivity contribution in [1.29, 1.82) is 0 Å². The van der Waals surface area contributed by atoms with Crippen LogP contribution in [-0.4, -0.2) is 49.5 Å². The maximum atomic E-state index is 13.5. The topological polar surface area (TPSA) is 56.7 Å². The van der Waals surface area contributed by atoms with Crippen LogP contribution in [0.25, 0.3) is 0 Å². The second-order valence-corrected chi connectivity index (χ2v) is 7.03. The highest BCUT2D eigenvalue weighted by atomic mass is 19.1.